The maximum atomic E-state index is 6.25. The van der Waals surface area contributed by atoms with Crippen LogP contribution >= 0.6 is 11.6 Å². The smallest absolute Gasteiger partial charge is 0.172 e. The monoisotopic (exact) mass is 430 g/mol. The summed E-state index contributed by atoms with van der Waals surface area (Å²) in [6, 6.07) is 16.0. The Kier molecular flexibility index (Phi) is 4.53. The van der Waals surface area contributed by atoms with Crippen LogP contribution in [0.1, 0.15) is 24.1 Å². The second-order valence-electron chi connectivity index (χ2n) is 8.26. The lowest BCUT2D eigenvalue weighted by Gasteiger charge is -2.31. The second-order valence-corrected chi connectivity index (χ2v) is 8.70. The van der Waals surface area contributed by atoms with Crippen molar-refractivity contribution < 1.29 is 0 Å². The number of hydrogen-bond donors (Lipinski definition) is 1. The van der Waals surface area contributed by atoms with E-state index in [0.29, 0.717) is 0 Å². The fourth-order valence-electron chi connectivity index (χ4n) is 4.69. The van der Waals surface area contributed by atoms with E-state index in [4.69, 9.17) is 21.6 Å². The lowest BCUT2D eigenvalue weighted by molar-refractivity contribution is 0.708. The van der Waals surface area contributed by atoms with E-state index in [9.17, 15) is 0 Å². The highest BCUT2D eigenvalue weighted by Crippen LogP contribution is 2.36. The quantitative estimate of drug-likeness (QED) is 0.504. The number of hydrogen-bond acceptors (Lipinski definition) is 5. The maximum absolute atomic E-state index is 6.25. The van der Waals surface area contributed by atoms with E-state index in [1.807, 2.05) is 42.5 Å². The molecule has 0 spiro atoms. The van der Waals surface area contributed by atoms with Crippen LogP contribution in [-0.4, -0.2) is 39.8 Å². The highest BCUT2D eigenvalue weighted by atomic mass is 35.5. The molecule has 0 bridgehead atoms. The molecule has 2 aliphatic heterocycles. The topological polar surface area (TPSA) is 60.9 Å². The van der Waals surface area contributed by atoms with Crippen molar-refractivity contribution in [3.63, 3.8) is 0 Å². The molecule has 6 rings (SSSR count). The molecular weight excluding hydrogens is 408 g/mol. The number of aromatic nitrogens is 4. The molecule has 4 heterocycles. The first-order valence-corrected chi connectivity index (χ1v) is 11.2. The van der Waals surface area contributed by atoms with Gasteiger partial charge in [-0.25, -0.2) is 9.97 Å². The van der Waals surface area contributed by atoms with E-state index in [2.05, 4.69) is 26.1 Å². The third-order valence-electron chi connectivity index (χ3n) is 6.27. The van der Waals surface area contributed by atoms with Crippen molar-refractivity contribution in [1.29, 1.82) is 0 Å². The summed E-state index contributed by atoms with van der Waals surface area (Å²) >= 11 is 6.25. The number of halogens is 1. The van der Waals surface area contributed by atoms with E-state index in [0.717, 1.165) is 71.5 Å². The van der Waals surface area contributed by atoms with Gasteiger partial charge in [-0.05, 0) is 37.1 Å². The molecule has 7 heteroatoms. The summed E-state index contributed by atoms with van der Waals surface area (Å²) in [6.45, 7) is 3.72. The Bertz CT molecular complexity index is 1260. The highest BCUT2D eigenvalue weighted by molar-refractivity contribution is 6.30. The first kappa shape index (κ1) is 18.6. The molecule has 0 atom stereocenters. The molecule has 1 fully saturated rings. The Hall–Kier alpha value is -3.12. The van der Waals surface area contributed by atoms with Gasteiger partial charge in [-0.1, -0.05) is 35.9 Å². The minimum Gasteiger partial charge on any atom is -0.354 e. The molecule has 0 radical (unpaired) electrons. The van der Waals surface area contributed by atoms with Gasteiger partial charge in [0.15, 0.2) is 11.6 Å². The molecule has 1 saturated heterocycles. The van der Waals surface area contributed by atoms with Gasteiger partial charge in [-0.3, -0.25) is 5.10 Å². The molecule has 31 heavy (non-hydrogen) atoms. The molecule has 0 amide bonds. The zero-order valence-electron chi connectivity index (χ0n) is 17.2. The highest BCUT2D eigenvalue weighted by Gasteiger charge is 2.28. The molecule has 0 saturated carbocycles. The molecule has 4 aromatic rings. The summed E-state index contributed by atoms with van der Waals surface area (Å²) < 4.78 is 0. The van der Waals surface area contributed by atoms with Gasteiger partial charge in [0.25, 0.3) is 0 Å². The molecule has 156 valence electrons. The van der Waals surface area contributed by atoms with Crippen molar-refractivity contribution in [2.24, 2.45) is 0 Å². The zero-order valence-corrected chi connectivity index (χ0v) is 17.9. The summed E-state index contributed by atoms with van der Waals surface area (Å²) in [4.78, 5) is 14.9. The number of nitrogens with one attached hydrogen (secondary N) is 1. The van der Waals surface area contributed by atoms with Gasteiger partial charge in [0.05, 0.1) is 16.7 Å². The Morgan fingerprint density at radius 1 is 0.839 bits per heavy atom. The van der Waals surface area contributed by atoms with E-state index in [-0.39, 0.29) is 0 Å². The number of aromatic amines is 1. The van der Waals surface area contributed by atoms with Crippen LogP contribution in [0, 0.1) is 0 Å². The van der Waals surface area contributed by atoms with Gasteiger partial charge >= 0.3 is 0 Å². The van der Waals surface area contributed by atoms with Gasteiger partial charge in [0.1, 0.15) is 0 Å². The van der Waals surface area contributed by atoms with Crippen LogP contribution in [0.25, 0.3) is 22.3 Å². The third kappa shape index (κ3) is 3.31. The largest absolute Gasteiger partial charge is 0.354 e. The molecular formula is C24H23ClN6. The fraction of sp³-hybridized carbons (Fsp3) is 0.292. The first-order valence-electron chi connectivity index (χ1n) is 10.8. The third-order valence-corrected chi connectivity index (χ3v) is 6.51. The molecule has 2 aromatic heterocycles. The van der Waals surface area contributed by atoms with E-state index < -0.39 is 0 Å². The number of benzene rings is 2. The zero-order chi connectivity index (χ0) is 20.8. The van der Waals surface area contributed by atoms with Gasteiger partial charge < -0.3 is 9.80 Å². The number of nitrogens with zero attached hydrogens (tertiary/aromatic N) is 5. The summed E-state index contributed by atoms with van der Waals surface area (Å²) in [6.07, 6.45) is 3.31. The molecule has 6 nitrogen and oxygen atoms in total. The lowest BCUT2D eigenvalue weighted by atomic mass is 10.0. The van der Waals surface area contributed by atoms with E-state index >= 15 is 0 Å². The molecule has 2 aromatic carbocycles. The van der Waals surface area contributed by atoms with Gasteiger partial charge in [0, 0.05) is 54.4 Å². The van der Waals surface area contributed by atoms with Crippen molar-refractivity contribution >= 4 is 34.3 Å². The lowest BCUT2D eigenvalue weighted by Crippen LogP contribution is -2.33. The Morgan fingerprint density at radius 3 is 2.32 bits per heavy atom. The van der Waals surface area contributed by atoms with Crippen LogP contribution in [0.2, 0.25) is 5.02 Å². The SMILES string of the molecule is Clc1cccc(-c2n[nH]c3c2CN(c2nc4ccccc4nc2N2CCCC2)CC3)c1. The van der Waals surface area contributed by atoms with Crippen molar-refractivity contribution in [2.75, 3.05) is 29.4 Å². The average molecular weight is 431 g/mol. The van der Waals surface area contributed by atoms with Gasteiger partial charge in [0.2, 0.25) is 0 Å². The Balaban J connectivity index is 1.43. The van der Waals surface area contributed by atoms with Crippen LogP contribution < -0.4 is 9.80 Å². The molecule has 0 aliphatic carbocycles. The summed E-state index contributed by atoms with van der Waals surface area (Å²) in [5.41, 5.74) is 6.32. The molecule has 0 unspecified atom stereocenters. The van der Waals surface area contributed by atoms with E-state index in [1.165, 1.54) is 24.1 Å². The average Bonchev–Trinajstić information content (AvgIpc) is 3.48. The maximum Gasteiger partial charge on any atom is 0.172 e. The number of para-hydroxylation sites is 2. The fourth-order valence-corrected chi connectivity index (χ4v) is 4.88. The summed E-state index contributed by atoms with van der Waals surface area (Å²) in [5, 5.41) is 8.60. The van der Waals surface area contributed by atoms with E-state index in [1.54, 1.807) is 0 Å². The summed E-state index contributed by atoms with van der Waals surface area (Å²) in [5.74, 6) is 1.98. The van der Waals surface area contributed by atoms with Crippen LogP contribution in [0.4, 0.5) is 11.6 Å². The Labute approximate surface area is 185 Å². The van der Waals surface area contributed by atoms with Crippen molar-refractivity contribution in [1.82, 2.24) is 20.2 Å². The van der Waals surface area contributed by atoms with Crippen LogP contribution in [-0.2, 0) is 13.0 Å². The number of anilines is 2. The number of rotatable bonds is 3. The molecule has 1 N–H and O–H groups in total. The minimum atomic E-state index is 0.721. The number of fused-ring (bicyclic) bond motifs is 2. The number of H-pyrrole nitrogens is 1. The second kappa shape index (κ2) is 7.54. The predicted molar refractivity (Wildman–Crippen MR) is 125 cm³/mol. The van der Waals surface area contributed by atoms with Crippen molar-refractivity contribution in [2.45, 2.75) is 25.8 Å². The van der Waals surface area contributed by atoms with Crippen molar-refractivity contribution in [3.8, 4) is 11.3 Å². The normalized spacial score (nSPS) is 16.2. The van der Waals surface area contributed by atoms with Crippen LogP contribution in [0.5, 0.6) is 0 Å². The Morgan fingerprint density at radius 2 is 1.58 bits per heavy atom. The van der Waals surface area contributed by atoms with Gasteiger partial charge in [-0.15, -0.1) is 0 Å². The molecule has 2 aliphatic rings. The standard InChI is InChI=1S/C24H23ClN6/c25-17-7-5-6-16(14-17)22-18-15-31(13-10-19(18)28-29-22)24-23(30-11-3-4-12-30)26-20-8-1-2-9-21(20)27-24/h1-2,5-9,14H,3-4,10-13,15H2,(H,28,29). The predicted octanol–water partition coefficient (Wildman–Crippen LogP) is 4.84. The minimum absolute atomic E-state index is 0.721. The van der Waals surface area contributed by atoms with Crippen LogP contribution in [0.15, 0.2) is 48.5 Å². The van der Waals surface area contributed by atoms with Crippen molar-refractivity contribution in [3.05, 3.63) is 64.8 Å². The summed E-state index contributed by atoms with van der Waals surface area (Å²) in [7, 11) is 0. The van der Waals surface area contributed by atoms with Gasteiger partial charge in [-0.2, -0.15) is 5.10 Å². The first-order chi connectivity index (χ1) is 15.3. The van der Waals surface area contributed by atoms with Crippen LogP contribution in [0.3, 0.4) is 0 Å².